The van der Waals surface area contributed by atoms with Gasteiger partial charge in [-0.25, -0.2) is 17.7 Å². The highest BCUT2D eigenvalue weighted by Crippen LogP contribution is 2.27. The molecule has 1 aromatic heterocycles. The van der Waals surface area contributed by atoms with Crippen molar-refractivity contribution in [1.82, 2.24) is 19.2 Å². The van der Waals surface area contributed by atoms with Crippen LogP contribution in [0.25, 0.3) is 11.0 Å². The highest BCUT2D eigenvalue weighted by atomic mass is 32.2. The van der Waals surface area contributed by atoms with E-state index in [1.54, 1.807) is 18.2 Å². The molecule has 0 aliphatic rings. The minimum absolute atomic E-state index is 0.0356. The number of benzene rings is 2. The molecule has 7 nitrogen and oxygen atoms in total. The summed E-state index contributed by atoms with van der Waals surface area (Å²) in [4.78, 5) is 17.7. The van der Waals surface area contributed by atoms with Crippen molar-refractivity contribution in [2.75, 3.05) is 14.1 Å². The number of hydrogen-bond acceptors (Lipinski definition) is 4. The van der Waals surface area contributed by atoms with Gasteiger partial charge in [0.05, 0.1) is 22.0 Å². The van der Waals surface area contributed by atoms with Gasteiger partial charge >= 0.3 is 0 Å². The molecule has 1 atom stereocenters. The lowest BCUT2D eigenvalue weighted by Crippen LogP contribution is -2.32. The molecule has 0 saturated carbocycles. The summed E-state index contributed by atoms with van der Waals surface area (Å²) in [7, 11) is 1.36. The number of nitrogens with zero attached hydrogens (tertiary/aromatic N) is 3. The molecule has 1 heterocycles. The number of nitrogens with one attached hydrogen (secondary N) is 1. The normalized spacial score (nSPS) is 13.5. The molecule has 3 rings (SSSR count). The summed E-state index contributed by atoms with van der Waals surface area (Å²) in [6, 6.07) is 13.4. The van der Waals surface area contributed by atoms with E-state index >= 15 is 0 Å². The second-order valence-corrected chi connectivity index (χ2v) is 12.8. The van der Waals surface area contributed by atoms with Crippen molar-refractivity contribution >= 4 is 27.0 Å². The minimum Gasteiger partial charge on any atom is -0.349 e. The van der Waals surface area contributed by atoms with Gasteiger partial charge in [0.25, 0.3) is 0 Å². The van der Waals surface area contributed by atoms with Gasteiger partial charge in [-0.3, -0.25) is 4.79 Å². The van der Waals surface area contributed by atoms with Gasteiger partial charge in [-0.2, -0.15) is 0 Å². The van der Waals surface area contributed by atoms with Crippen LogP contribution in [-0.2, 0) is 33.7 Å². The van der Waals surface area contributed by atoms with Crippen LogP contribution in [0.1, 0.15) is 64.0 Å². The van der Waals surface area contributed by atoms with Crippen molar-refractivity contribution in [2.24, 2.45) is 13.0 Å². The van der Waals surface area contributed by atoms with Crippen molar-refractivity contribution < 1.29 is 13.2 Å². The average Bonchev–Trinajstić information content (AvgIpc) is 3.10. The van der Waals surface area contributed by atoms with Gasteiger partial charge in [0.2, 0.25) is 15.9 Å². The molecule has 0 bridgehead atoms. The van der Waals surface area contributed by atoms with Crippen LogP contribution in [0.4, 0.5) is 0 Å². The maximum atomic E-state index is 12.9. The fourth-order valence-corrected chi connectivity index (χ4v) is 5.04. The number of aryl methyl sites for hydroxylation is 2. The molecular weight excluding hydrogens is 460 g/mol. The summed E-state index contributed by atoms with van der Waals surface area (Å²) in [6.45, 7) is 10.8. The molecule has 0 spiro atoms. The lowest BCUT2D eigenvalue weighted by atomic mass is 9.85. The number of carbonyl (C=O) groups excluding carboxylic acids is 1. The lowest BCUT2D eigenvalue weighted by Gasteiger charge is -2.25. The molecule has 190 valence electrons. The molecule has 0 aliphatic carbocycles. The fraction of sp³-hybridized carbons (Fsp3) is 0.481. The number of aromatic nitrogens is 2. The maximum absolute atomic E-state index is 12.9. The van der Waals surface area contributed by atoms with Gasteiger partial charge in [0.15, 0.2) is 0 Å². The molecule has 3 aromatic rings. The number of fused-ring (bicyclic) bond motifs is 1. The van der Waals surface area contributed by atoms with Gasteiger partial charge in [-0.15, -0.1) is 0 Å². The molecule has 0 saturated heterocycles. The second-order valence-electron chi connectivity index (χ2n) is 10.7. The number of rotatable bonds is 8. The molecule has 35 heavy (non-hydrogen) atoms. The first-order chi connectivity index (χ1) is 16.2. The SMILES string of the molecule is CC(C)[C@@H](NC(=O)CCc1nc2cc(S(=O)(=O)N(C)C)ccc2n1C)c1ccc(C(C)(C)C)cc1. The molecule has 0 unspecified atom stereocenters. The zero-order valence-electron chi connectivity index (χ0n) is 22.1. The third-order valence-electron chi connectivity index (χ3n) is 6.42. The van der Waals surface area contributed by atoms with Gasteiger partial charge < -0.3 is 9.88 Å². The Labute approximate surface area is 209 Å². The zero-order chi connectivity index (χ0) is 26.1. The molecule has 2 aromatic carbocycles. The number of hydrogen-bond donors (Lipinski definition) is 1. The van der Waals surface area contributed by atoms with E-state index in [0.29, 0.717) is 18.4 Å². The molecule has 0 radical (unpaired) electrons. The maximum Gasteiger partial charge on any atom is 0.242 e. The lowest BCUT2D eigenvalue weighted by molar-refractivity contribution is -0.122. The summed E-state index contributed by atoms with van der Waals surface area (Å²) in [5.74, 6) is 0.948. The Kier molecular flexibility index (Phi) is 7.77. The van der Waals surface area contributed by atoms with Crippen molar-refractivity contribution in [3.8, 4) is 0 Å². The summed E-state index contributed by atoms with van der Waals surface area (Å²) in [6.07, 6.45) is 0.754. The van der Waals surface area contributed by atoms with E-state index in [-0.39, 0.29) is 28.2 Å². The number of sulfonamides is 1. The zero-order valence-corrected chi connectivity index (χ0v) is 22.9. The predicted molar refractivity (Wildman–Crippen MR) is 141 cm³/mol. The van der Waals surface area contributed by atoms with Crippen LogP contribution in [0.5, 0.6) is 0 Å². The summed E-state index contributed by atoms with van der Waals surface area (Å²) < 4.78 is 28.0. The quantitative estimate of drug-likeness (QED) is 0.493. The van der Waals surface area contributed by atoms with Gasteiger partial charge in [0.1, 0.15) is 5.82 Å². The van der Waals surface area contributed by atoms with Crippen LogP contribution in [0.2, 0.25) is 0 Å². The Balaban J connectivity index is 1.73. The van der Waals surface area contributed by atoms with E-state index in [1.165, 1.54) is 24.0 Å². The monoisotopic (exact) mass is 498 g/mol. The number of imidazole rings is 1. The molecule has 0 aliphatic heterocycles. The number of amides is 1. The summed E-state index contributed by atoms with van der Waals surface area (Å²) >= 11 is 0. The van der Waals surface area contributed by atoms with Crippen LogP contribution >= 0.6 is 0 Å². The van der Waals surface area contributed by atoms with E-state index in [1.807, 2.05) is 11.6 Å². The minimum atomic E-state index is -3.54. The van der Waals surface area contributed by atoms with Crippen LogP contribution < -0.4 is 5.32 Å². The molecule has 1 N–H and O–H groups in total. The Hall–Kier alpha value is -2.71. The van der Waals surface area contributed by atoms with Crippen molar-refractivity contribution in [3.05, 3.63) is 59.4 Å². The first-order valence-electron chi connectivity index (χ1n) is 12.0. The van der Waals surface area contributed by atoms with Crippen molar-refractivity contribution in [3.63, 3.8) is 0 Å². The Morgan fingerprint density at radius 3 is 2.26 bits per heavy atom. The van der Waals surface area contributed by atoms with E-state index in [0.717, 1.165) is 16.9 Å². The van der Waals surface area contributed by atoms with Crippen molar-refractivity contribution in [1.29, 1.82) is 0 Å². The second kappa shape index (κ2) is 10.1. The van der Waals surface area contributed by atoms with Gasteiger partial charge in [-0.1, -0.05) is 58.9 Å². The molecule has 0 fully saturated rings. The van der Waals surface area contributed by atoms with Crippen LogP contribution in [0, 0.1) is 5.92 Å². The third kappa shape index (κ3) is 5.93. The highest BCUT2D eigenvalue weighted by molar-refractivity contribution is 7.89. The standard InChI is InChI=1S/C27H38N4O3S/c1-18(2)26(19-9-11-20(12-10-19)27(3,4)5)29-25(32)16-15-24-28-22-17-21(35(33,34)30(6)7)13-14-23(22)31(24)8/h9-14,17-18,26H,15-16H2,1-8H3,(H,29,32)/t26-/m1/s1. The van der Waals surface area contributed by atoms with E-state index in [2.05, 4.69) is 69.2 Å². The smallest absolute Gasteiger partial charge is 0.242 e. The van der Waals surface area contributed by atoms with Gasteiger partial charge in [0, 0.05) is 34.0 Å². The largest absolute Gasteiger partial charge is 0.349 e. The first-order valence-corrected chi connectivity index (χ1v) is 13.4. The Morgan fingerprint density at radius 2 is 1.71 bits per heavy atom. The predicted octanol–water partition coefficient (Wildman–Crippen LogP) is 4.57. The fourth-order valence-electron chi connectivity index (χ4n) is 4.12. The van der Waals surface area contributed by atoms with E-state index in [9.17, 15) is 13.2 Å². The topological polar surface area (TPSA) is 84.3 Å². The van der Waals surface area contributed by atoms with Crippen molar-refractivity contribution in [2.45, 2.75) is 63.8 Å². The first kappa shape index (κ1) is 26.9. The third-order valence-corrected chi connectivity index (χ3v) is 8.23. The molecule has 1 amide bonds. The number of carbonyl (C=O) groups is 1. The summed E-state index contributed by atoms with van der Waals surface area (Å²) in [5.41, 5.74) is 3.87. The van der Waals surface area contributed by atoms with Crippen LogP contribution in [-0.4, -0.2) is 42.3 Å². The average molecular weight is 499 g/mol. The van der Waals surface area contributed by atoms with Crippen LogP contribution in [0.3, 0.4) is 0 Å². The highest BCUT2D eigenvalue weighted by Gasteiger charge is 2.22. The molecule has 8 heteroatoms. The van der Waals surface area contributed by atoms with Crippen LogP contribution in [0.15, 0.2) is 47.4 Å². The Morgan fingerprint density at radius 1 is 1.09 bits per heavy atom. The molecular formula is C27H38N4O3S. The Bertz CT molecular complexity index is 1300. The van der Waals surface area contributed by atoms with E-state index < -0.39 is 10.0 Å². The van der Waals surface area contributed by atoms with Gasteiger partial charge in [-0.05, 0) is 40.7 Å². The van der Waals surface area contributed by atoms with E-state index in [4.69, 9.17) is 0 Å². The summed E-state index contributed by atoms with van der Waals surface area (Å²) in [5, 5.41) is 3.20.